The Kier molecular flexibility index (Phi) is 3.93. The average molecular weight is 268 g/mol. The van der Waals surface area contributed by atoms with Crippen LogP contribution in [-0.2, 0) is 5.41 Å². The SMILES string of the molecule is Cc1cc(C(C)(C)C)ccc1Oc1ccc(C=O)cc1. The van der Waals surface area contributed by atoms with Crippen LogP contribution < -0.4 is 4.74 Å². The van der Waals surface area contributed by atoms with Crippen LogP contribution in [0.5, 0.6) is 11.5 Å². The topological polar surface area (TPSA) is 26.3 Å². The fourth-order valence-corrected chi connectivity index (χ4v) is 1.97. The molecule has 0 saturated heterocycles. The Morgan fingerprint density at radius 2 is 1.65 bits per heavy atom. The molecule has 0 aromatic heterocycles. The van der Waals surface area contributed by atoms with Crippen LogP contribution in [0.3, 0.4) is 0 Å². The molecule has 2 aromatic rings. The van der Waals surface area contributed by atoms with Gasteiger partial charge in [-0.05, 0) is 53.8 Å². The van der Waals surface area contributed by atoms with Crippen LogP contribution in [0.15, 0.2) is 42.5 Å². The van der Waals surface area contributed by atoms with Gasteiger partial charge in [-0.2, -0.15) is 0 Å². The molecule has 0 unspecified atom stereocenters. The number of ether oxygens (including phenoxy) is 1. The van der Waals surface area contributed by atoms with Crippen molar-refractivity contribution < 1.29 is 9.53 Å². The first kappa shape index (κ1) is 14.3. The third kappa shape index (κ3) is 3.27. The quantitative estimate of drug-likeness (QED) is 0.740. The Morgan fingerprint density at radius 3 is 2.15 bits per heavy atom. The van der Waals surface area contributed by atoms with E-state index in [2.05, 4.69) is 32.9 Å². The summed E-state index contributed by atoms with van der Waals surface area (Å²) in [6.07, 6.45) is 0.827. The summed E-state index contributed by atoms with van der Waals surface area (Å²) in [5.41, 5.74) is 3.18. The van der Waals surface area contributed by atoms with E-state index in [0.717, 1.165) is 23.3 Å². The number of benzene rings is 2. The number of carbonyl (C=O) groups excluding carboxylic acids is 1. The Labute approximate surface area is 120 Å². The second-order valence-electron chi connectivity index (χ2n) is 6.02. The van der Waals surface area contributed by atoms with Gasteiger partial charge in [0.2, 0.25) is 0 Å². The highest BCUT2D eigenvalue weighted by atomic mass is 16.5. The molecule has 0 aliphatic rings. The first-order chi connectivity index (χ1) is 9.40. The predicted octanol–water partition coefficient (Wildman–Crippen LogP) is 4.90. The molecule has 104 valence electrons. The molecule has 0 bridgehead atoms. The molecule has 20 heavy (non-hydrogen) atoms. The van der Waals surface area contributed by atoms with Crippen LogP contribution in [0.4, 0.5) is 0 Å². The fraction of sp³-hybridized carbons (Fsp3) is 0.278. The van der Waals surface area contributed by atoms with E-state index < -0.39 is 0 Å². The standard InChI is InChI=1S/C18H20O2/c1-13-11-15(18(2,3)4)7-10-17(13)20-16-8-5-14(12-19)6-9-16/h5-12H,1-4H3. The Morgan fingerprint density at radius 1 is 1.00 bits per heavy atom. The molecule has 0 atom stereocenters. The average Bonchev–Trinajstić information content (AvgIpc) is 2.41. The minimum Gasteiger partial charge on any atom is -0.457 e. The molecular weight excluding hydrogens is 248 g/mol. The van der Waals surface area contributed by atoms with Crippen LogP contribution in [-0.4, -0.2) is 6.29 Å². The Balaban J connectivity index is 2.23. The summed E-state index contributed by atoms with van der Waals surface area (Å²) in [6.45, 7) is 8.63. The van der Waals surface area contributed by atoms with E-state index in [9.17, 15) is 4.79 Å². The summed E-state index contributed by atoms with van der Waals surface area (Å²) in [6, 6.07) is 13.4. The largest absolute Gasteiger partial charge is 0.457 e. The van der Waals surface area contributed by atoms with Gasteiger partial charge < -0.3 is 4.74 Å². The van der Waals surface area contributed by atoms with E-state index in [1.54, 1.807) is 24.3 Å². The zero-order valence-electron chi connectivity index (χ0n) is 12.4. The summed E-state index contributed by atoms with van der Waals surface area (Å²) in [5.74, 6) is 1.58. The molecule has 0 spiro atoms. The van der Waals surface area contributed by atoms with Crippen molar-refractivity contribution in [1.82, 2.24) is 0 Å². The summed E-state index contributed by atoms with van der Waals surface area (Å²) in [4.78, 5) is 10.6. The van der Waals surface area contributed by atoms with Gasteiger partial charge in [0.1, 0.15) is 17.8 Å². The second kappa shape index (κ2) is 5.49. The first-order valence-electron chi connectivity index (χ1n) is 6.74. The van der Waals surface area contributed by atoms with Crippen molar-refractivity contribution >= 4 is 6.29 Å². The summed E-state index contributed by atoms with van der Waals surface area (Å²) in [7, 11) is 0. The van der Waals surface area contributed by atoms with Gasteiger partial charge in [0.05, 0.1) is 0 Å². The maximum absolute atomic E-state index is 10.6. The molecule has 0 heterocycles. The van der Waals surface area contributed by atoms with Crippen molar-refractivity contribution in [2.24, 2.45) is 0 Å². The molecule has 0 aliphatic heterocycles. The second-order valence-corrected chi connectivity index (χ2v) is 6.02. The van der Waals surface area contributed by atoms with E-state index in [-0.39, 0.29) is 5.41 Å². The monoisotopic (exact) mass is 268 g/mol. The predicted molar refractivity (Wildman–Crippen MR) is 81.8 cm³/mol. The van der Waals surface area contributed by atoms with Crippen molar-refractivity contribution in [2.45, 2.75) is 33.1 Å². The van der Waals surface area contributed by atoms with Crippen LogP contribution in [0, 0.1) is 6.92 Å². The summed E-state index contributed by atoms with van der Waals surface area (Å²) in [5, 5.41) is 0. The lowest BCUT2D eigenvalue weighted by Gasteiger charge is -2.20. The van der Waals surface area contributed by atoms with Crippen molar-refractivity contribution in [3.63, 3.8) is 0 Å². The minimum atomic E-state index is 0.134. The number of aldehydes is 1. The van der Waals surface area contributed by atoms with Crippen LogP contribution in [0.25, 0.3) is 0 Å². The molecule has 2 aromatic carbocycles. The van der Waals surface area contributed by atoms with Gasteiger partial charge in [-0.25, -0.2) is 0 Å². The molecule has 0 N–H and O–H groups in total. The first-order valence-corrected chi connectivity index (χ1v) is 6.74. The van der Waals surface area contributed by atoms with Gasteiger partial charge in [-0.3, -0.25) is 4.79 Å². The maximum atomic E-state index is 10.6. The molecule has 2 nitrogen and oxygen atoms in total. The summed E-state index contributed by atoms with van der Waals surface area (Å²) < 4.78 is 5.86. The smallest absolute Gasteiger partial charge is 0.150 e. The zero-order valence-corrected chi connectivity index (χ0v) is 12.4. The van der Waals surface area contributed by atoms with Crippen LogP contribution in [0.2, 0.25) is 0 Å². The van der Waals surface area contributed by atoms with Crippen LogP contribution >= 0.6 is 0 Å². The van der Waals surface area contributed by atoms with E-state index in [4.69, 9.17) is 4.74 Å². The Bertz CT molecular complexity index is 604. The summed E-state index contributed by atoms with van der Waals surface area (Å²) >= 11 is 0. The number of hydrogen-bond acceptors (Lipinski definition) is 2. The van der Waals surface area contributed by atoms with Crippen LogP contribution in [0.1, 0.15) is 42.3 Å². The Hall–Kier alpha value is -2.09. The van der Waals surface area contributed by atoms with Gasteiger partial charge in [-0.15, -0.1) is 0 Å². The number of hydrogen-bond donors (Lipinski definition) is 0. The lowest BCUT2D eigenvalue weighted by atomic mass is 9.86. The number of carbonyl (C=O) groups is 1. The van der Waals surface area contributed by atoms with Crippen molar-refractivity contribution in [1.29, 1.82) is 0 Å². The molecule has 0 aliphatic carbocycles. The normalized spacial score (nSPS) is 11.2. The highest BCUT2D eigenvalue weighted by molar-refractivity contribution is 5.74. The highest BCUT2D eigenvalue weighted by Crippen LogP contribution is 2.30. The van der Waals surface area contributed by atoms with Gasteiger partial charge in [0.25, 0.3) is 0 Å². The lowest BCUT2D eigenvalue weighted by molar-refractivity contribution is 0.112. The maximum Gasteiger partial charge on any atom is 0.150 e. The molecule has 2 rings (SSSR count). The number of aryl methyl sites for hydroxylation is 1. The molecule has 0 amide bonds. The highest BCUT2D eigenvalue weighted by Gasteiger charge is 2.14. The number of rotatable bonds is 3. The van der Waals surface area contributed by atoms with Gasteiger partial charge in [-0.1, -0.05) is 32.9 Å². The molecular formula is C18H20O2. The third-order valence-electron chi connectivity index (χ3n) is 3.28. The molecule has 0 saturated carbocycles. The molecule has 2 heteroatoms. The van der Waals surface area contributed by atoms with E-state index >= 15 is 0 Å². The third-order valence-corrected chi connectivity index (χ3v) is 3.28. The van der Waals surface area contributed by atoms with Gasteiger partial charge in [0, 0.05) is 5.56 Å². The molecule has 0 fully saturated rings. The fourth-order valence-electron chi connectivity index (χ4n) is 1.97. The van der Waals surface area contributed by atoms with Crippen molar-refractivity contribution in [3.05, 3.63) is 59.2 Å². The van der Waals surface area contributed by atoms with Crippen molar-refractivity contribution in [2.75, 3.05) is 0 Å². The van der Waals surface area contributed by atoms with E-state index in [1.807, 2.05) is 13.0 Å². The van der Waals surface area contributed by atoms with E-state index in [1.165, 1.54) is 5.56 Å². The zero-order chi connectivity index (χ0) is 14.8. The van der Waals surface area contributed by atoms with Gasteiger partial charge >= 0.3 is 0 Å². The lowest BCUT2D eigenvalue weighted by Crippen LogP contribution is -2.11. The molecule has 0 radical (unpaired) electrons. The minimum absolute atomic E-state index is 0.134. The van der Waals surface area contributed by atoms with Gasteiger partial charge in [0.15, 0.2) is 0 Å². The van der Waals surface area contributed by atoms with E-state index in [0.29, 0.717) is 5.56 Å². The van der Waals surface area contributed by atoms with Crippen molar-refractivity contribution in [3.8, 4) is 11.5 Å².